The maximum absolute atomic E-state index is 12.6. The minimum atomic E-state index is -0.278. The molecule has 6 nitrogen and oxygen atoms in total. The molecule has 1 aliphatic heterocycles. The first-order valence-electron chi connectivity index (χ1n) is 8.28. The molecule has 0 aliphatic carbocycles. The fourth-order valence-corrected chi connectivity index (χ4v) is 3.12. The van der Waals surface area contributed by atoms with Gasteiger partial charge in [-0.15, -0.1) is 0 Å². The van der Waals surface area contributed by atoms with Gasteiger partial charge in [-0.25, -0.2) is 5.10 Å². The molecule has 0 bridgehead atoms. The maximum Gasteiger partial charge on any atom is 0.273 e. The van der Waals surface area contributed by atoms with Gasteiger partial charge in [-0.3, -0.25) is 9.59 Å². The van der Waals surface area contributed by atoms with Crippen LogP contribution >= 0.6 is 0 Å². The van der Waals surface area contributed by atoms with E-state index in [9.17, 15) is 9.59 Å². The minimum absolute atomic E-state index is 0.0439. The van der Waals surface area contributed by atoms with Crippen molar-refractivity contribution in [2.75, 3.05) is 24.5 Å². The molecule has 1 fully saturated rings. The van der Waals surface area contributed by atoms with Gasteiger partial charge in [-0.2, -0.15) is 5.10 Å². The number of aromatic nitrogens is 2. The molecule has 6 heteroatoms. The lowest BCUT2D eigenvalue weighted by Crippen LogP contribution is -2.50. The van der Waals surface area contributed by atoms with Gasteiger partial charge in [0, 0.05) is 19.6 Å². The lowest BCUT2D eigenvalue weighted by molar-refractivity contribution is -0.131. The second kappa shape index (κ2) is 6.93. The van der Waals surface area contributed by atoms with Crippen LogP contribution in [0.2, 0.25) is 0 Å². The van der Waals surface area contributed by atoms with Crippen molar-refractivity contribution in [3.63, 3.8) is 0 Å². The number of anilines is 1. The molecule has 0 spiro atoms. The van der Waals surface area contributed by atoms with E-state index >= 15 is 0 Å². The number of benzene rings is 1. The summed E-state index contributed by atoms with van der Waals surface area (Å²) in [6, 6.07) is 8.09. The fraction of sp³-hybridized carbons (Fsp3) is 0.316. The Balaban J connectivity index is 1.78. The van der Waals surface area contributed by atoms with Crippen LogP contribution in [-0.2, 0) is 11.3 Å². The summed E-state index contributed by atoms with van der Waals surface area (Å²) in [6.45, 7) is 9.81. The average Bonchev–Trinajstić information content (AvgIpc) is 2.58. The predicted octanol–water partition coefficient (Wildman–Crippen LogP) is 1.96. The first-order valence-corrected chi connectivity index (χ1v) is 8.28. The second-order valence-corrected chi connectivity index (χ2v) is 6.40. The van der Waals surface area contributed by atoms with Gasteiger partial charge < -0.3 is 9.80 Å². The summed E-state index contributed by atoms with van der Waals surface area (Å²) < 4.78 is 0. The second-order valence-electron chi connectivity index (χ2n) is 6.40. The van der Waals surface area contributed by atoms with Crippen LogP contribution < -0.4 is 10.5 Å². The monoisotopic (exact) mass is 338 g/mol. The van der Waals surface area contributed by atoms with E-state index < -0.39 is 0 Å². The van der Waals surface area contributed by atoms with Crippen LogP contribution in [-0.4, -0.2) is 40.6 Å². The normalized spacial score (nSPS) is 14.7. The molecule has 130 valence electrons. The number of amides is 1. The average molecular weight is 338 g/mol. The van der Waals surface area contributed by atoms with Gasteiger partial charge in [-0.05, 0) is 30.5 Å². The summed E-state index contributed by atoms with van der Waals surface area (Å²) in [5, 5.41) is 6.31. The number of nitrogens with one attached hydrogen (secondary N) is 1. The summed E-state index contributed by atoms with van der Waals surface area (Å²) in [5.41, 5.74) is 3.88. The van der Waals surface area contributed by atoms with Crippen LogP contribution in [0.5, 0.6) is 0 Å². The van der Waals surface area contributed by atoms with Crippen LogP contribution in [0.1, 0.15) is 23.6 Å². The minimum Gasteiger partial charge on any atom is -0.358 e. The summed E-state index contributed by atoms with van der Waals surface area (Å²) in [5.74, 6) is 0.0439. The van der Waals surface area contributed by atoms with Crippen LogP contribution in [0.3, 0.4) is 0 Å². The van der Waals surface area contributed by atoms with E-state index in [0.29, 0.717) is 36.5 Å². The van der Waals surface area contributed by atoms with E-state index in [1.54, 1.807) is 13.1 Å². The van der Waals surface area contributed by atoms with Crippen molar-refractivity contribution in [2.24, 2.45) is 0 Å². The van der Waals surface area contributed by atoms with Crippen molar-refractivity contribution in [1.29, 1.82) is 0 Å². The zero-order valence-corrected chi connectivity index (χ0v) is 14.6. The number of H-pyrrole nitrogens is 1. The Bertz CT molecular complexity index is 872. The van der Waals surface area contributed by atoms with Gasteiger partial charge in [0.15, 0.2) is 0 Å². The number of hydrogen-bond acceptors (Lipinski definition) is 4. The Kier molecular flexibility index (Phi) is 4.70. The highest BCUT2D eigenvalue weighted by Crippen LogP contribution is 2.23. The molecule has 0 atom stereocenters. The molecule has 2 heterocycles. The molecule has 0 saturated carbocycles. The molecule has 3 rings (SSSR count). The molecule has 1 aromatic carbocycles. The van der Waals surface area contributed by atoms with Crippen LogP contribution in [0.4, 0.5) is 5.69 Å². The molecule has 1 amide bonds. The van der Waals surface area contributed by atoms with E-state index in [4.69, 9.17) is 0 Å². The third-order valence-corrected chi connectivity index (χ3v) is 4.54. The molecular weight excluding hydrogens is 316 g/mol. The quantitative estimate of drug-likeness (QED) is 0.925. The SMILES string of the molecule is C=C(C)c1c(N2CCN(Cc3ccccc3C)C(=O)C2)cn[nH]c1=O. The van der Waals surface area contributed by atoms with E-state index in [-0.39, 0.29) is 18.0 Å². The van der Waals surface area contributed by atoms with Gasteiger partial charge in [0.25, 0.3) is 5.56 Å². The zero-order valence-electron chi connectivity index (χ0n) is 14.6. The summed E-state index contributed by atoms with van der Waals surface area (Å²) in [4.78, 5) is 28.4. The van der Waals surface area contributed by atoms with Crippen molar-refractivity contribution in [2.45, 2.75) is 20.4 Å². The standard InChI is InChI=1S/C19H22N4O2/c1-13(2)18-16(10-20-21-19(18)25)22-8-9-23(17(24)12-22)11-15-7-5-4-6-14(15)3/h4-7,10H,1,8-9,11-12H2,2-3H3,(H,21,25). The highest BCUT2D eigenvalue weighted by atomic mass is 16.2. The number of nitrogens with zero attached hydrogens (tertiary/aromatic N) is 3. The Hall–Kier alpha value is -2.89. The highest BCUT2D eigenvalue weighted by molar-refractivity contribution is 5.84. The molecule has 0 radical (unpaired) electrons. The van der Waals surface area contributed by atoms with E-state index in [0.717, 1.165) is 5.56 Å². The summed E-state index contributed by atoms with van der Waals surface area (Å²) in [6.07, 6.45) is 1.59. The highest BCUT2D eigenvalue weighted by Gasteiger charge is 2.26. The van der Waals surface area contributed by atoms with Crippen LogP contribution in [0.15, 0.2) is 41.8 Å². The van der Waals surface area contributed by atoms with E-state index in [1.807, 2.05) is 21.9 Å². The smallest absolute Gasteiger partial charge is 0.273 e. The molecule has 2 aromatic rings. The van der Waals surface area contributed by atoms with Crippen LogP contribution in [0.25, 0.3) is 5.57 Å². The van der Waals surface area contributed by atoms with Gasteiger partial charge in [-0.1, -0.05) is 30.8 Å². The lowest BCUT2D eigenvalue weighted by atomic mass is 10.1. The first kappa shape index (κ1) is 17.0. The van der Waals surface area contributed by atoms with Crippen molar-refractivity contribution < 1.29 is 4.79 Å². The molecule has 0 unspecified atom stereocenters. The van der Waals surface area contributed by atoms with Crippen LogP contribution in [0, 0.1) is 6.92 Å². The molecular formula is C19H22N4O2. The lowest BCUT2D eigenvalue weighted by Gasteiger charge is -2.36. The number of carbonyl (C=O) groups is 1. The van der Waals surface area contributed by atoms with E-state index in [1.165, 1.54) is 5.56 Å². The molecule has 1 N–H and O–H groups in total. The molecule has 1 aliphatic rings. The Labute approximate surface area is 146 Å². The predicted molar refractivity (Wildman–Crippen MR) is 98.4 cm³/mol. The number of aryl methyl sites for hydroxylation is 1. The van der Waals surface area contributed by atoms with Gasteiger partial charge >= 0.3 is 0 Å². The fourth-order valence-electron chi connectivity index (χ4n) is 3.12. The maximum atomic E-state index is 12.6. The number of aromatic amines is 1. The van der Waals surface area contributed by atoms with Gasteiger partial charge in [0.05, 0.1) is 24.0 Å². The molecule has 25 heavy (non-hydrogen) atoms. The number of hydrogen-bond donors (Lipinski definition) is 1. The van der Waals surface area contributed by atoms with Crippen molar-refractivity contribution in [3.8, 4) is 0 Å². The van der Waals surface area contributed by atoms with Gasteiger partial charge in [0.1, 0.15) is 0 Å². The summed E-state index contributed by atoms with van der Waals surface area (Å²) in [7, 11) is 0. The number of carbonyl (C=O) groups excluding carboxylic acids is 1. The Morgan fingerprint density at radius 2 is 2.04 bits per heavy atom. The van der Waals surface area contributed by atoms with Gasteiger partial charge in [0.2, 0.25) is 5.91 Å². The number of allylic oxidation sites excluding steroid dienone is 1. The Morgan fingerprint density at radius 3 is 2.72 bits per heavy atom. The Morgan fingerprint density at radius 1 is 1.28 bits per heavy atom. The zero-order chi connectivity index (χ0) is 18.0. The van der Waals surface area contributed by atoms with E-state index in [2.05, 4.69) is 35.8 Å². The van der Waals surface area contributed by atoms with Crippen molar-refractivity contribution in [1.82, 2.24) is 15.1 Å². The first-order chi connectivity index (χ1) is 12.0. The van der Waals surface area contributed by atoms with Crippen molar-refractivity contribution >= 4 is 17.2 Å². The topological polar surface area (TPSA) is 69.3 Å². The number of piperazine rings is 1. The summed E-state index contributed by atoms with van der Waals surface area (Å²) >= 11 is 0. The molecule has 1 aromatic heterocycles. The third-order valence-electron chi connectivity index (χ3n) is 4.54. The largest absolute Gasteiger partial charge is 0.358 e. The van der Waals surface area contributed by atoms with Crippen molar-refractivity contribution in [3.05, 3.63) is 64.1 Å². The molecule has 1 saturated heterocycles. The third kappa shape index (κ3) is 3.47. The number of rotatable bonds is 4.